The highest BCUT2D eigenvalue weighted by Gasteiger charge is 2.26. The molecule has 0 saturated carbocycles. The van der Waals surface area contributed by atoms with E-state index in [-0.39, 0.29) is 24.6 Å². The summed E-state index contributed by atoms with van der Waals surface area (Å²) in [5.74, 6) is 0.0837. The number of carbonyl (C=O) groups excluding carboxylic acids is 2. The predicted octanol–water partition coefficient (Wildman–Crippen LogP) is 1.88. The first kappa shape index (κ1) is 16.8. The standard InChI is InChI=1S/C14H20N6O3/c1-14(2,3)23-13(22)10-8-19-6-7-20(9-11(19)17-10)12(21)4-5-16-18-15/h8H,4-7,9H2,1-3H3. The molecule has 0 N–H and O–H groups in total. The lowest BCUT2D eigenvalue weighted by Crippen LogP contribution is -2.38. The summed E-state index contributed by atoms with van der Waals surface area (Å²) >= 11 is 0. The van der Waals surface area contributed by atoms with E-state index in [1.165, 1.54) is 0 Å². The molecule has 0 fully saturated rings. The van der Waals surface area contributed by atoms with Gasteiger partial charge in [0.05, 0.1) is 6.54 Å². The molecule has 1 aromatic rings. The van der Waals surface area contributed by atoms with Gasteiger partial charge in [-0.3, -0.25) is 4.79 Å². The van der Waals surface area contributed by atoms with Crippen LogP contribution in [0.15, 0.2) is 11.3 Å². The molecule has 0 saturated heterocycles. The van der Waals surface area contributed by atoms with Crippen LogP contribution in [0.3, 0.4) is 0 Å². The van der Waals surface area contributed by atoms with Gasteiger partial charge in [-0.25, -0.2) is 9.78 Å². The number of amides is 1. The number of hydrogen-bond acceptors (Lipinski definition) is 5. The Balaban J connectivity index is 2.03. The van der Waals surface area contributed by atoms with E-state index in [0.717, 1.165) is 0 Å². The van der Waals surface area contributed by atoms with Crippen LogP contribution < -0.4 is 0 Å². The van der Waals surface area contributed by atoms with Crippen LogP contribution in [-0.4, -0.2) is 45.0 Å². The Morgan fingerprint density at radius 3 is 2.83 bits per heavy atom. The molecule has 1 aromatic heterocycles. The highest BCUT2D eigenvalue weighted by Crippen LogP contribution is 2.16. The van der Waals surface area contributed by atoms with Crippen molar-refractivity contribution in [3.8, 4) is 0 Å². The molecule has 1 aliphatic heterocycles. The van der Waals surface area contributed by atoms with Crippen LogP contribution in [0.25, 0.3) is 10.4 Å². The number of carbonyl (C=O) groups is 2. The van der Waals surface area contributed by atoms with Crippen molar-refractivity contribution < 1.29 is 14.3 Å². The molecule has 9 heteroatoms. The lowest BCUT2D eigenvalue weighted by atomic mass is 10.2. The molecular formula is C14H20N6O3. The molecule has 0 atom stereocenters. The molecule has 9 nitrogen and oxygen atoms in total. The van der Waals surface area contributed by atoms with Crippen LogP contribution in [0.4, 0.5) is 0 Å². The number of nitrogens with zero attached hydrogens (tertiary/aromatic N) is 6. The van der Waals surface area contributed by atoms with Crippen molar-refractivity contribution in [3.63, 3.8) is 0 Å². The maximum Gasteiger partial charge on any atom is 0.359 e. The summed E-state index contributed by atoms with van der Waals surface area (Å²) in [4.78, 5) is 32.6. The fourth-order valence-corrected chi connectivity index (χ4v) is 2.24. The summed E-state index contributed by atoms with van der Waals surface area (Å²) in [7, 11) is 0. The molecule has 0 aliphatic carbocycles. The smallest absolute Gasteiger partial charge is 0.359 e. The van der Waals surface area contributed by atoms with Crippen molar-refractivity contribution in [2.45, 2.75) is 45.9 Å². The predicted molar refractivity (Wildman–Crippen MR) is 81.4 cm³/mol. The fourth-order valence-electron chi connectivity index (χ4n) is 2.24. The third-order valence-electron chi connectivity index (χ3n) is 3.25. The van der Waals surface area contributed by atoms with E-state index in [0.29, 0.717) is 25.5 Å². The zero-order chi connectivity index (χ0) is 17.0. The van der Waals surface area contributed by atoms with Gasteiger partial charge in [0.2, 0.25) is 5.91 Å². The molecule has 124 valence electrons. The Hall–Kier alpha value is -2.54. The van der Waals surface area contributed by atoms with E-state index >= 15 is 0 Å². The first-order valence-corrected chi connectivity index (χ1v) is 7.38. The minimum Gasteiger partial charge on any atom is -0.455 e. The van der Waals surface area contributed by atoms with Gasteiger partial charge < -0.3 is 14.2 Å². The second-order valence-corrected chi connectivity index (χ2v) is 6.26. The molecule has 0 aromatic carbocycles. The largest absolute Gasteiger partial charge is 0.455 e. The van der Waals surface area contributed by atoms with E-state index in [1.807, 2.05) is 4.57 Å². The molecule has 1 amide bonds. The molecule has 2 heterocycles. The Kier molecular flexibility index (Phi) is 4.90. The normalized spacial score (nSPS) is 14.0. The molecule has 1 aliphatic rings. The number of aromatic nitrogens is 2. The summed E-state index contributed by atoms with van der Waals surface area (Å²) in [6.07, 6.45) is 1.83. The third-order valence-corrected chi connectivity index (χ3v) is 3.25. The Morgan fingerprint density at radius 1 is 1.43 bits per heavy atom. The van der Waals surface area contributed by atoms with E-state index in [2.05, 4.69) is 15.0 Å². The first-order valence-electron chi connectivity index (χ1n) is 7.38. The SMILES string of the molecule is CC(C)(C)OC(=O)c1cn2c(n1)CN(C(=O)CCN=[N+]=[N-])CC2. The summed E-state index contributed by atoms with van der Waals surface area (Å²) < 4.78 is 7.16. The molecule has 0 spiro atoms. The van der Waals surface area contributed by atoms with Crippen molar-refractivity contribution in [2.75, 3.05) is 13.1 Å². The van der Waals surface area contributed by atoms with Gasteiger partial charge >= 0.3 is 5.97 Å². The van der Waals surface area contributed by atoms with E-state index < -0.39 is 11.6 Å². The molecule has 0 bridgehead atoms. The van der Waals surface area contributed by atoms with Gasteiger partial charge in [-0.05, 0) is 26.3 Å². The molecule has 2 rings (SSSR count). The maximum atomic E-state index is 12.0. The number of hydrogen-bond donors (Lipinski definition) is 0. The zero-order valence-corrected chi connectivity index (χ0v) is 13.5. The summed E-state index contributed by atoms with van der Waals surface area (Å²) in [5.41, 5.74) is 7.90. The van der Waals surface area contributed by atoms with Crippen molar-refractivity contribution >= 4 is 11.9 Å². The lowest BCUT2D eigenvalue weighted by Gasteiger charge is -2.27. The minimum absolute atomic E-state index is 0.0922. The Morgan fingerprint density at radius 2 is 2.17 bits per heavy atom. The van der Waals surface area contributed by atoms with Gasteiger partial charge in [0.25, 0.3) is 0 Å². The number of esters is 1. The summed E-state index contributed by atoms with van der Waals surface area (Å²) in [6.45, 7) is 6.97. The van der Waals surface area contributed by atoms with E-state index in [9.17, 15) is 9.59 Å². The third kappa shape index (κ3) is 4.46. The van der Waals surface area contributed by atoms with Gasteiger partial charge in [-0.2, -0.15) is 0 Å². The van der Waals surface area contributed by atoms with Crippen molar-refractivity contribution in [2.24, 2.45) is 5.11 Å². The van der Waals surface area contributed by atoms with Crippen LogP contribution in [0.2, 0.25) is 0 Å². The Bertz CT molecular complexity index is 654. The van der Waals surface area contributed by atoms with E-state index in [4.69, 9.17) is 10.3 Å². The monoisotopic (exact) mass is 320 g/mol. The fraction of sp³-hybridized carbons (Fsp3) is 0.643. The average molecular weight is 320 g/mol. The first-order chi connectivity index (χ1) is 10.8. The van der Waals surface area contributed by atoms with Gasteiger partial charge in [-0.1, -0.05) is 5.11 Å². The number of ether oxygens (including phenoxy) is 1. The summed E-state index contributed by atoms with van der Waals surface area (Å²) in [5, 5.41) is 3.36. The average Bonchev–Trinajstić information content (AvgIpc) is 2.88. The van der Waals surface area contributed by atoms with Crippen LogP contribution in [0.5, 0.6) is 0 Å². The quantitative estimate of drug-likeness (QED) is 0.364. The molecule has 0 unspecified atom stereocenters. The van der Waals surface area contributed by atoms with E-state index in [1.54, 1.807) is 31.9 Å². The highest BCUT2D eigenvalue weighted by atomic mass is 16.6. The van der Waals surface area contributed by atoms with Crippen LogP contribution in [-0.2, 0) is 22.6 Å². The molecular weight excluding hydrogens is 300 g/mol. The van der Waals surface area contributed by atoms with Crippen LogP contribution in [0.1, 0.15) is 43.5 Å². The van der Waals surface area contributed by atoms with Crippen LogP contribution in [0, 0.1) is 0 Å². The van der Waals surface area contributed by atoms with Crippen molar-refractivity contribution in [1.29, 1.82) is 0 Å². The minimum atomic E-state index is -0.579. The van der Waals surface area contributed by atoms with Gasteiger partial charge in [-0.15, -0.1) is 0 Å². The Labute approximate surface area is 133 Å². The second-order valence-electron chi connectivity index (χ2n) is 6.26. The number of azide groups is 1. The highest BCUT2D eigenvalue weighted by molar-refractivity contribution is 5.87. The van der Waals surface area contributed by atoms with Gasteiger partial charge in [0.15, 0.2) is 5.69 Å². The van der Waals surface area contributed by atoms with Crippen molar-refractivity contribution in [1.82, 2.24) is 14.5 Å². The maximum absolute atomic E-state index is 12.0. The second kappa shape index (κ2) is 6.70. The summed E-state index contributed by atoms with van der Waals surface area (Å²) in [6, 6.07) is 0. The number of imidazole rings is 1. The zero-order valence-electron chi connectivity index (χ0n) is 13.5. The van der Waals surface area contributed by atoms with Crippen LogP contribution >= 0.6 is 0 Å². The van der Waals surface area contributed by atoms with Gasteiger partial charge in [0.1, 0.15) is 11.4 Å². The molecule has 0 radical (unpaired) electrons. The number of fused-ring (bicyclic) bond motifs is 1. The molecule has 23 heavy (non-hydrogen) atoms. The van der Waals surface area contributed by atoms with Gasteiger partial charge in [0, 0.05) is 37.2 Å². The lowest BCUT2D eigenvalue weighted by molar-refractivity contribution is -0.132. The van der Waals surface area contributed by atoms with Crippen molar-refractivity contribution in [3.05, 3.63) is 28.2 Å². The number of rotatable bonds is 4. The topological polar surface area (TPSA) is 113 Å².